The summed E-state index contributed by atoms with van der Waals surface area (Å²) in [5.74, 6) is 0.394. The van der Waals surface area contributed by atoms with Crippen LogP contribution < -0.4 is 19.2 Å². The highest BCUT2D eigenvalue weighted by atomic mass is 32.2. The zero-order chi connectivity index (χ0) is 30.1. The molecular weight excluding hydrogens is 562 g/mol. The van der Waals surface area contributed by atoms with Gasteiger partial charge < -0.3 is 18.6 Å². The van der Waals surface area contributed by atoms with Crippen LogP contribution in [0.2, 0.25) is 0 Å². The fourth-order valence-corrected chi connectivity index (χ4v) is 5.36. The van der Waals surface area contributed by atoms with Crippen LogP contribution >= 0.6 is 0 Å². The van der Waals surface area contributed by atoms with Crippen molar-refractivity contribution in [3.63, 3.8) is 0 Å². The van der Waals surface area contributed by atoms with Crippen LogP contribution in [0, 0.1) is 0 Å². The monoisotopic (exact) mass is 591 g/mol. The number of sulfonamides is 1. The Morgan fingerprint density at radius 2 is 1.69 bits per heavy atom. The van der Waals surface area contributed by atoms with Gasteiger partial charge in [0.2, 0.25) is 0 Å². The molecule has 0 aliphatic heterocycles. The second-order valence-electron chi connectivity index (χ2n) is 8.66. The predicted molar refractivity (Wildman–Crippen MR) is 156 cm³/mol. The van der Waals surface area contributed by atoms with Crippen LogP contribution in [-0.2, 0) is 19.6 Å². The van der Waals surface area contributed by atoms with Gasteiger partial charge in [0.25, 0.3) is 15.9 Å². The van der Waals surface area contributed by atoms with Gasteiger partial charge in [0.1, 0.15) is 29.6 Å². The molecule has 1 aromatic heterocycles. The Morgan fingerprint density at radius 1 is 0.952 bits per heavy atom. The van der Waals surface area contributed by atoms with Gasteiger partial charge in [-0.3, -0.25) is 9.10 Å². The molecule has 1 amide bonds. The van der Waals surface area contributed by atoms with E-state index in [4.69, 9.17) is 18.6 Å². The van der Waals surface area contributed by atoms with Crippen molar-refractivity contribution in [3.05, 3.63) is 96.3 Å². The van der Waals surface area contributed by atoms with E-state index < -0.39 is 28.4 Å². The van der Waals surface area contributed by atoms with Crippen LogP contribution in [0.15, 0.2) is 99.3 Å². The Hall–Kier alpha value is -5.10. The van der Waals surface area contributed by atoms with Crippen LogP contribution in [0.25, 0.3) is 11.3 Å². The standard InChI is InChI=1S/C30H29N3O8S/c1-4-40-30(35)22-12-10-21(11-13-22)27-17-15-24(41-27)19-31-32-29(34)20-33(42(36,37)25-8-6-5-7-9-25)26-16-14-23(38-2)18-28(26)39-3/h5-19H,4,20H2,1-3H3,(H,32,34)/b31-19+. The van der Waals surface area contributed by atoms with Gasteiger partial charge in [0.15, 0.2) is 0 Å². The van der Waals surface area contributed by atoms with Gasteiger partial charge in [-0.2, -0.15) is 5.10 Å². The number of anilines is 1. The van der Waals surface area contributed by atoms with Crippen molar-refractivity contribution >= 4 is 33.8 Å². The minimum atomic E-state index is -4.17. The van der Waals surface area contributed by atoms with Crippen LogP contribution in [-0.4, -0.2) is 53.9 Å². The summed E-state index contributed by atoms with van der Waals surface area (Å²) in [4.78, 5) is 24.8. The van der Waals surface area contributed by atoms with Crippen LogP contribution in [0.4, 0.5) is 5.69 Å². The van der Waals surface area contributed by atoms with E-state index in [1.807, 2.05) is 0 Å². The zero-order valence-electron chi connectivity index (χ0n) is 23.1. The number of hydrazone groups is 1. The molecule has 0 saturated heterocycles. The molecule has 1 heterocycles. The molecule has 0 bridgehead atoms. The Kier molecular flexibility index (Phi) is 9.61. The average Bonchev–Trinajstić information content (AvgIpc) is 3.49. The lowest BCUT2D eigenvalue weighted by atomic mass is 10.1. The molecule has 42 heavy (non-hydrogen) atoms. The molecule has 218 valence electrons. The largest absolute Gasteiger partial charge is 0.497 e. The summed E-state index contributed by atoms with van der Waals surface area (Å²) in [6, 6.07) is 22.4. The van der Waals surface area contributed by atoms with Crippen molar-refractivity contribution in [3.8, 4) is 22.8 Å². The lowest BCUT2D eigenvalue weighted by Gasteiger charge is -2.25. The Bertz CT molecular complexity index is 1670. The maximum atomic E-state index is 13.6. The SMILES string of the molecule is CCOC(=O)c1ccc(-c2ccc(/C=N/NC(=O)CN(c3ccc(OC)cc3OC)S(=O)(=O)c3ccccc3)o2)cc1. The minimum Gasteiger partial charge on any atom is -0.497 e. The first-order valence-electron chi connectivity index (χ1n) is 12.8. The number of benzene rings is 3. The van der Waals surface area contributed by atoms with E-state index in [1.165, 1.54) is 44.7 Å². The van der Waals surface area contributed by atoms with Crippen LogP contribution in [0.5, 0.6) is 11.5 Å². The molecule has 4 aromatic rings. The van der Waals surface area contributed by atoms with Gasteiger partial charge in [-0.1, -0.05) is 30.3 Å². The Balaban J connectivity index is 1.50. The number of methoxy groups -OCH3 is 2. The van der Waals surface area contributed by atoms with Crippen molar-refractivity contribution in [2.24, 2.45) is 5.10 Å². The van der Waals surface area contributed by atoms with E-state index in [2.05, 4.69) is 10.5 Å². The molecule has 0 atom stereocenters. The molecule has 11 nitrogen and oxygen atoms in total. The summed E-state index contributed by atoms with van der Waals surface area (Å²) in [5.41, 5.74) is 3.64. The van der Waals surface area contributed by atoms with Crippen molar-refractivity contribution in [1.82, 2.24) is 5.43 Å². The van der Waals surface area contributed by atoms with Crippen LogP contribution in [0.1, 0.15) is 23.0 Å². The molecular formula is C30H29N3O8S. The summed E-state index contributed by atoms with van der Waals surface area (Å²) in [6.45, 7) is 1.43. The minimum absolute atomic E-state index is 0.00224. The lowest BCUT2D eigenvalue weighted by Crippen LogP contribution is -2.39. The van der Waals surface area contributed by atoms with Gasteiger partial charge in [-0.05, 0) is 55.5 Å². The summed E-state index contributed by atoms with van der Waals surface area (Å²) in [6.07, 6.45) is 1.29. The fraction of sp³-hybridized carbons (Fsp3) is 0.167. The smallest absolute Gasteiger partial charge is 0.338 e. The van der Waals surface area contributed by atoms with Gasteiger partial charge in [0, 0.05) is 11.6 Å². The third-order valence-corrected chi connectivity index (χ3v) is 7.74. The number of nitrogens with one attached hydrogen (secondary N) is 1. The quantitative estimate of drug-likeness (QED) is 0.145. The van der Waals surface area contributed by atoms with E-state index >= 15 is 0 Å². The number of furan rings is 1. The number of carbonyl (C=O) groups excluding carboxylic acids is 2. The molecule has 0 saturated carbocycles. The maximum absolute atomic E-state index is 13.6. The summed E-state index contributed by atoms with van der Waals surface area (Å²) >= 11 is 0. The highest BCUT2D eigenvalue weighted by molar-refractivity contribution is 7.92. The molecule has 0 aliphatic rings. The third kappa shape index (κ3) is 6.96. The molecule has 12 heteroatoms. The topological polar surface area (TPSA) is 137 Å². The Labute approximate surface area is 243 Å². The van der Waals surface area contributed by atoms with E-state index in [-0.39, 0.29) is 22.9 Å². The average molecular weight is 592 g/mol. The second-order valence-corrected chi connectivity index (χ2v) is 10.5. The number of nitrogens with zero attached hydrogens (tertiary/aromatic N) is 2. The molecule has 4 rings (SSSR count). The molecule has 1 N–H and O–H groups in total. The molecule has 0 aliphatic carbocycles. The molecule has 0 radical (unpaired) electrons. The molecule has 0 fully saturated rings. The number of ether oxygens (including phenoxy) is 3. The Morgan fingerprint density at radius 3 is 2.36 bits per heavy atom. The molecule has 3 aromatic carbocycles. The van der Waals surface area contributed by atoms with Crippen LogP contribution in [0.3, 0.4) is 0 Å². The van der Waals surface area contributed by atoms with E-state index in [0.29, 0.717) is 22.8 Å². The summed E-state index contributed by atoms with van der Waals surface area (Å²) in [5, 5.41) is 3.93. The lowest BCUT2D eigenvalue weighted by molar-refractivity contribution is -0.119. The van der Waals surface area contributed by atoms with Crippen molar-refractivity contribution in [2.75, 3.05) is 31.7 Å². The van der Waals surface area contributed by atoms with Gasteiger partial charge in [0.05, 0.1) is 43.2 Å². The van der Waals surface area contributed by atoms with Crippen molar-refractivity contribution in [2.45, 2.75) is 11.8 Å². The number of esters is 1. The van der Waals surface area contributed by atoms with E-state index in [1.54, 1.807) is 67.6 Å². The van der Waals surface area contributed by atoms with Crippen molar-refractivity contribution in [1.29, 1.82) is 0 Å². The van der Waals surface area contributed by atoms with Gasteiger partial charge >= 0.3 is 5.97 Å². The molecule has 0 unspecified atom stereocenters. The summed E-state index contributed by atoms with van der Waals surface area (Å²) < 4.78 is 49.5. The van der Waals surface area contributed by atoms with E-state index in [0.717, 1.165) is 9.87 Å². The molecule has 0 spiro atoms. The predicted octanol–water partition coefficient (Wildman–Crippen LogP) is 4.49. The first-order valence-corrected chi connectivity index (χ1v) is 14.2. The third-order valence-electron chi connectivity index (χ3n) is 5.96. The van der Waals surface area contributed by atoms with Gasteiger partial charge in [-0.25, -0.2) is 18.6 Å². The first-order chi connectivity index (χ1) is 20.3. The highest BCUT2D eigenvalue weighted by Crippen LogP contribution is 2.35. The number of hydrogen-bond donors (Lipinski definition) is 1. The van der Waals surface area contributed by atoms with E-state index in [9.17, 15) is 18.0 Å². The van der Waals surface area contributed by atoms with Gasteiger partial charge in [-0.15, -0.1) is 0 Å². The normalized spacial score (nSPS) is 11.2. The number of carbonyl (C=O) groups is 2. The first kappa shape index (κ1) is 29.9. The zero-order valence-corrected chi connectivity index (χ0v) is 24.0. The summed E-state index contributed by atoms with van der Waals surface area (Å²) in [7, 11) is -1.30. The maximum Gasteiger partial charge on any atom is 0.338 e. The van der Waals surface area contributed by atoms with Crippen molar-refractivity contribution < 1.29 is 36.6 Å². The number of hydrogen-bond acceptors (Lipinski definition) is 9. The number of rotatable bonds is 12. The fourth-order valence-electron chi connectivity index (χ4n) is 3.91. The second kappa shape index (κ2) is 13.5. The number of amides is 1. The highest BCUT2D eigenvalue weighted by Gasteiger charge is 2.29.